The summed E-state index contributed by atoms with van der Waals surface area (Å²) in [7, 11) is 0. The van der Waals surface area contributed by atoms with Crippen molar-refractivity contribution in [2.45, 2.75) is 32.1 Å². The van der Waals surface area contributed by atoms with Crippen LogP contribution in [0.2, 0.25) is 0 Å². The van der Waals surface area contributed by atoms with E-state index < -0.39 is 0 Å². The lowest BCUT2D eigenvalue weighted by Crippen LogP contribution is -2.43. The number of anilines is 1. The Labute approximate surface area is 120 Å². The summed E-state index contributed by atoms with van der Waals surface area (Å²) in [4.78, 5) is 13.8. The van der Waals surface area contributed by atoms with E-state index in [0.717, 1.165) is 43.9 Å². The molecule has 2 aliphatic rings. The van der Waals surface area contributed by atoms with Crippen molar-refractivity contribution in [1.29, 1.82) is 0 Å². The minimum atomic E-state index is 0.121. The van der Waals surface area contributed by atoms with E-state index in [0.29, 0.717) is 6.61 Å². The second kappa shape index (κ2) is 5.09. The molecule has 4 heteroatoms. The van der Waals surface area contributed by atoms with Gasteiger partial charge in [0.1, 0.15) is 5.75 Å². The van der Waals surface area contributed by atoms with Gasteiger partial charge in [0.05, 0.1) is 6.61 Å². The number of amides is 1. The van der Waals surface area contributed by atoms with Crippen LogP contribution >= 0.6 is 0 Å². The van der Waals surface area contributed by atoms with Crippen molar-refractivity contribution >= 4 is 11.6 Å². The van der Waals surface area contributed by atoms with E-state index in [1.54, 1.807) is 6.92 Å². The molecule has 1 saturated heterocycles. The normalized spacial score (nSPS) is 24.8. The van der Waals surface area contributed by atoms with Crippen LogP contribution in [0.5, 0.6) is 5.75 Å². The van der Waals surface area contributed by atoms with Gasteiger partial charge in [-0.25, -0.2) is 0 Å². The summed E-state index contributed by atoms with van der Waals surface area (Å²) in [5.41, 5.74) is 2.51. The molecule has 0 saturated carbocycles. The highest BCUT2D eigenvalue weighted by Crippen LogP contribution is 2.45. The summed E-state index contributed by atoms with van der Waals surface area (Å²) in [5, 5.41) is 3.47. The van der Waals surface area contributed by atoms with E-state index in [2.05, 4.69) is 11.4 Å². The lowest BCUT2D eigenvalue weighted by atomic mass is 9.73. The highest BCUT2D eigenvalue weighted by Gasteiger charge is 2.42. The zero-order valence-electron chi connectivity index (χ0n) is 12.2. The molecule has 20 heavy (non-hydrogen) atoms. The molecule has 108 valence electrons. The number of rotatable bonds is 2. The molecule has 1 aromatic rings. The standard InChI is InChI=1S/C16H22N2O2/c1-3-20-13-4-5-15-14(10-13)16(6-8-17-11-16)7-9-18(15)12(2)19/h4-5,10,17H,3,6-9,11H2,1-2H3. The number of nitrogens with zero attached hydrogens (tertiary/aromatic N) is 1. The minimum Gasteiger partial charge on any atom is -0.494 e. The Morgan fingerprint density at radius 3 is 2.95 bits per heavy atom. The molecular formula is C16H22N2O2. The summed E-state index contributed by atoms with van der Waals surface area (Å²) in [6.45, 7) is 7.18. The average Bonchev–Trinajstić information content (AvgIpc) is 2.89. The molecule has 0 radical (unpaired) electrons. The number of carbonyl (C=O) groups excluding carboxylic acids is 1. The molecule has 4 nitrogen and oxygen atoms in total. The van der Waals surface area contributed by atoms with Crippen LogP contribution in [-0.4, -0.2) is 32.1 Å². The van der Waals surface area contributed by atoms with Gasteiger partial charge in [-0.15, -0.1) is 0 Å². The largest absolute Gasteiger partial charge is 0.494 e. The van der Waals surface area contributed by atoms with Crippen molar-refractivity contribution < 1.29 is 9.53 Å². The van der Waals surface area contributed by atoms with Crippen LogP contribution in [0.25, 0.3) is 0 Å². The van der Waals surface area contributed by atoms with Crippen molar-refractivity contribution in [3.63, 3.8) is 0 Å². The molecule has 1 unspecified atom stereocenters. The van der Waals surface area contributed by atoms with E-state index in [1.165, 1.54) is 5.56 Å². The summed E-state index contributed by atoms with van der Waals surface area (Å²) in [5.74, 6) is 1.03. The number of ether oxygens (including phenoxy) is 1. The summed E-state index contributed by atoms with van der Waals surface area (Å²) < 4.78 is 5.65. The van der Waals surface area contributed by atoms with Gasteiger partial charge in [-0.1, -0.05) is 0 Å². The highest BCUT2D eigenvalue weighted by molar-refractivity contribution is 5.93. The monoisotopic (exact) mass is 274 g/mol. The summed E-state index contributed by atoms with van der Waals surface area (Å²) >= 11 is 0. The molecule has 2 heterocycles. The number of benzene rings is 1. The summed E-state index contributed by atoms with van der Waals surface area (Å²) in [6, 6.07) is 6.15. The Bertz CT molecular complexity index is 521. The van der Waals surface area contributed by atoms with Crippen LogP contribution in [0, 0.1) is 0 Å². The molecule has 1 spiro atoms. The molecule has 1 fully saturated rings. The van der Waals surface area contributed by atoms with E-state index in [-0.39, 0.29) is 11.3 Å². The van der Waals surface area contributed by atoms with Gasteiger partial charge >= 0.3 is 0 Å². The van der Waals surface area contributed by atoms with Gasteiger partial charge < -0.3 is 15.0 Å². The lowest BCUT2D eigenvalue weighted by Gasteiger charge is -2.40. The van der Waals surface area contributed by atoms with Crippen LogP contribution in [0.4, 0.5) is 5.69 Å². The minimum absolute atomic E-state index is 0.121. The van der Waals surface area contributed by atoms with Crippen LogP contribution in [-0.2, 0) is 10.2 Å². The predicted octanol–water partition coefficient (Wildman–Crippen LogP) is 2.07. The molecule has 1 aromatic carbocycles. The van der Waals surface area contributed by atoms with E-state index in [9.17, 15) is 4.79 Å². The first-order valence-corrected chi connectivity index (χ1v) is 7.42. The van der Waals surface area contributed by atoms with Crippen LogP contribution < -0.4 is 15.0 Å². The Kier molecular flexibility index (Phi) is 3.42. The average molecular weight is 274 g/mol. The molecule has 1 N–H and O–H groups in total. The number of carbonyl (C=O) groups is 1. The molecule has 1 amide bonds. The SMILES string of the molecule is CCOc1ccc2c(c1)C1(CCNC1)CCN2C(C)=O. The molecule has 0 aliphatic carbocycles. The van der Waals surface area contributed by atoms with Crippen molar-refractivity contribution in [1.82, 2.24) is 5.32 Å². The van der Waals surface area contributed by atoms with Crippen molar-refractivity contribution in [2.75, 3.05) is 31.1 Å². The van der Waals surface area contributed by atoms with Crippen LogP contribution in [0.3, 0.4) is 0 Å². The first-order chi connectivity index (χ1) is 9.66. The maximum Gasteiger partial charge on any atom is 0.223 e. The Hall–Kier alpha value is -1.55. The van der Waals surface area contributed by atoms with E-state index in [1.807, 2.05) is 24.0 Å². The van der Waals surface area contributed by atoms with Gasteiger partial charge in [-0.3, -0.25) is 4.79 Å². The Morgan fingerprint density at radius 2 is 2.30 bits per heavy atom. The lowest BCUT2D eigenvalue weighted by molar-refractivity contribution is -0.116. The van der Waals surface area contributed by atoms with Crippen molar-refractivity contribution in [3.8, 4) is 5.75 Å². The molecule has 2 aliphatic heterocycles. The van der Waals surface area contributed by atoms with Crippen molar-refractivity contribution in [3.05, 3.63) is 23.8 Å². The molecule has 0 aromatic heterocycles. The smallest absolute Gasteiger partial charge is 0.223 e. The zero-order valence-corrected chi connectivity index (χ0v) is 12.2. The number of hydrogen-bond donors (Lipinski definition) is 1. The van der Waals surface area contributed by atoms with Crippen LogP contribution in [0.1, 0.15) is 32.3 Å². The number of hydrogen-bond acceptors (Lipinski definition) is 3. The van der Waals surface area contributed by atoms with Crippen molar-refractivity contribution in [2.24, 2.45) is 0 Å². The second-order valence-electron chi connectivity index (χ2n) is 5.74. The van der Waals surface area contributed by atoms with Gasteiger partial charge in [0.15, 0.2) is 0 Å². The van der Waals surface area contributed by atoms with Crippen LogP contribution in [0.15, 0.2) is 18.2 Å². The first kappa shape index (κ1) is 13.4. The first-order valence-electron chi connectivity index (χ1n) is 7.42. The fourth-order valence-corrected chi connectivity index (χ4v) is 3.53. The maximum atomic E-state index is 11.9. The molecule has 0 bridgehead atoms. The topological polar surface area (TPSA) is 41.6 Å². The second-order valence-corrected chi connectivity index (χ2v) is 5.74. The Balaban J connectivity index is 2.08. The Morgan fingerprint density at radius 1 is 1.45 bits per heavy atom. The predicted molar refractivity (Wildman–Crippen MR) is 79.4 cm³/mol. The fourth-order valence-electron chi connectivity index (χ4n) is 3.53. The molecule has 3 rings (SSSR count). The number of nitrogens with one attached hydrogen (secondary N) is 1. The number of fused-ring (bicyclic) bond motifs is 2. The third kappa shape index (κ3) is 2.08. The zero-order chi connectivity index (χ0) is 14.2. The third-order valence-corrected chi connectivity index (χ3v) is 4.58. The van der Waals surface area contributed by atoms with Gasteiger partial charge in [0, 0.05) is 31.1 Å². The van der Waals surface area contributed by atoms with Gasteiger partial charge in [0.2, 0.25) is 5.91 Å². The quantitative estimate of drug-likeness (QED) is 0.897. The maximum absolute atomic E-state index is 11.9. The third-order valence-electron chi connectivity index (χ3n) is 4.58. The van der Waals surface area contributed by atoms with Gasteiger partial charge in [-0.2, -0.15) is 0 Å². The van der Waals surface area contributed by atoms with Gasteiger partial charge in [-0.05, 0) is 50.1 Å². The molecular weight excluding hydrogens is 252 g/mol. The van der Waals surface area contributed by atoms with E-state index >= 15 is 0 Å². The van der Waals surface area contributed by atoms with E-state index in [4.69, 9.17) is 4.74 Å². The molecule has 1 atom stereocenters. The highest BCUT2D eigenvalue weighted by atomic mass is 16.5. The summed E-state index contributed by atoms with van der Waals surface area (Å²) in [6.07, 6.45) is 2.17. The fraction of sp³-hybridized carbons (Fsp3) is 0.562. The van der Waals surface area contributed by atoms with Gasteiger partial charge in [0.25, 0.3) is 0 Å².